The van der Waals surface area contributed by atoms with E-state index in [2.05, 4.69) is 23.3 Å². The van der Waals surface area contributed by atoms with Gasteiger partial charge in [0.05, 0.1) is 35.5 Å². The third-order valence-corrected chi connectivity index (χ3v) is 6.48. The molecule has 3 aromatic heterocycles. The smallest absolute Gasteiger partial charge is 0.292 e. The number of hydrogen-bond acceptors (Lipinski definition) is 6. The second kappa shape index (κ2) is 7.03. The molecule has 6 nitrogen and oxygen atoms in total. The maximum Gasteiger partial charge on any atom is 0.292 e. The minimum atomic E-state index is 0.385. The summed E-state index contributed by atoms with van der Waals surface area (Å²) in [5.74, 6) is 1.52. The predicted octanol–water partition coefficient (Wildman–Crippen LogP) is 3.50. The maximum absolute atomic E-state index is 5.60. The van der Waals surface area contributed by atoms with Gasteiger partial charge < -0.3 is 13.7 Å². The van der Waals surface area contributed by atoms with E-state index in [1.54, 1.807) is 10.9 Å². The molecule has 0 aliphatic carbocycles. The Morgan fingerprint density at radius 1 is 1.26 bits per heavy atom. The third kappa shape index (κ3) is 3.36. The van der Waals surface area contributed by atoms with Crippen LogP contribution in [-0.2, 0) is 6.67 Å². The summed E-state index contributed by atoms with van der Waals surface area (Å²) in [6.07, 6.45) is 3.96. The standard InChI is InChI=1S/C19H18N4O2S2/c26-19-23(21-17(25-19)15-7-4-10-24-15)12-22-9-3-5-13(11-22)18-20-14-6-1-2-8-16(14)27-18/h1-2,4,6-8,10,13H,3,5,9,11-12H2/p+1/t13-/m1/s1. The first-order chi connectivity index (χ1) is 13.3. The number of nitrogens with one attached hydrogen (secondary N) is 1. The molecule has 0 radical (unpaired) electrons. The summed E-state index contributed by atoms with van der Waals surface area (Å²) in [4.78, 5) is 6.70. The molecule has 0 saturated carbocycles. The van der Waals surface area contributed by atoms with E-state index in [9.17, 15) is 0 Å². The average Bonchev–Trinajstić information content (AvgIpc) is 3.42. The van der Waals surface area contributed by atoms with Crippen molar-refractivity contribution in [3.63, 3.8) is 0 Å². The van der Waals surface area contributed by atoms with Crippen molar-refractivity contribution >= 4 is 33.8 Å². The lowest BCUT2D eigenvalue weighted by molar-refractivity contribution is -0.929. The lowest BCUT2D eigenvalue weighted by atomic mass is 9.99. The Labute approximate surface area is 165 Å². The van der Waals surface area contributed by atoms with Crippen LogP contribution >= 0.6 is 23.6 Å². The van der Waals surface area contributed by atoms with Gasteiger partial charge >= 0.3 is 0 Å². The van der Waals surface area contributed by atoms with Crippen molar-refractivity contribution < 1.29 is 13.7 Å². The first kappa shape index (κ1) is 16.9. The van der Waals surface area contributed by atoms with Crippen LogP contribution in [0.25, 0.3) is 21.9 Å². The molecular formula is C19H19N4O2S2+. The molecule has 1 unspecified atom stereocenters. The summed E-state index contributed by atoms with van der Waals surface area (Å²) in [6, 6.07) is 12.0. The van der Waals surface area contributed by atoms with Crippen molar-refractivity contribution in [2.45, 2.75) is 25.4 Å². The van der Waals surface area contributed by atoms with Gasteiger partial charge in [0.2, 0.25) is 0 Å². The fourth-order valence-electron chi connectivity index (χ4n) is 3.69. The molecule has 4 aromatic rings. The Morgan fingerprint density at radius 3 is 3.04 bits per heavy atom. The van der Waals surface area contributed by atoms with Gasteiger partial charge in [-0.2, -0.15) is 4.68 Å². The second-order valence-electron chi connectivity index (χ2n) is 6.87. The van der Waals surface area contributed by atoms with Crippen molar-refractivity contribution in [1.29, 1.82) is 0 Å². The van der Waals surface area contributed by atoms with Crippen LogP contribution in [-0.4, -0.2) is 27.9 Å². The summed E-state index contributed by atoms with van der Waals surface area (Å²) in [5.41, 5.74) is 1.10. The van der Waals surface area contributed by atoms with E-state index >= 15 is 0 Å². The van der Waals surface area contributed by atoms with Gasteiger partial charge in [-0.1, -0.05) is 12.1 Å². The van der Waals surface area contributed by atoms with E-state index in [1.165, 1.54) is 27.4 Å². The first-order valence-corrected chi connectivity index (χ1v) is 10.3. The Hall–Kier alpha value is -2.29. The van der Waals surface area contributed by atoms with Crippen molar-refractivity contribution in [3.05, 3.63) is 52.5 Å². The first-order valence-electron chi connectivity index (χ1n) is 9.07. The number of fused-ring (bicyclic) bond motifs is 1. The van der Waals surface area contributed by atoms with Gasteiger partial charge in [0, 0.05) is 0 Å². The number of rotatable bonds is 4. The van der Waals surface area contributed by atoms with Crippen LogP contribution in [0.2, 0.25) is 0 Å². The van der Waals surface area contributed by atoms with Crippen LogP contribution in [0.1, 0.15) is 23.8 Å². The van der Waals surface area contributed by atoms with Gasteiger partial charge in [-0.15, -0.1) is 16.4 Å². The number of aromatic nitrogens is 3. The minimum Gasteiger partial charge on any atom is -0.459 e. The molecule has 8 heteroatoms. The highest BCUT2D eigenvalue weighted by Gasteiger charge is 2.28. The number of likely N-dealkylation sites (tertiary alicyclic amines) is 1. The Bertz CT molecular complexity index is 1080. The van der Waals surface area contributed by atoms with Gasteiger partial charge in [0.15, 0.2) is 12.4 Å². The van der Waals surface area contributed by atoms with Crippen LogP contribution in [0.3, 0.4) is 0 Å². The molecule has 1 fully saturated rings. The number of quaternary nitrogens is 1. The number of piperidine rings is 1. The lowest BCUT2D eigenvalue weighted by Crippen LogP contribution is -3.12. The SMILES string of the molecule is S=c1oc(-c2ccco2)nn1C[NH+]1CCC[C@@H](c2nc3ccccc3s2)C1. The van der Waals surface area contributed by atoms with Crippen LogP contribution in [0.4, 0.5) is 0 Å². The van der Waals surface area contributed by atoms with Crippen molar-refractivity contribution in [2.24, 2.45) is 0 Å². The van der Waals surface area contributed by atoms with Gasteiger partial charge in [-0.25, -0.2) is 4.98 Å². The average molecular weight is 400 g/mol. The molecule has 0 spiro atoms. The molecule has 4 heterocycles. The highest BCUT2D eigenvalue weighted by atomic mass is 32.1. The molecule has 0 bridgehead atoms. The Kier molecular flexibility index (Phi) is 4.39. The molecule has 1 N–H and O–H groups in total. The van der Waals surface area contributed by atoms with Gasteiger partial charge in [-0.3, -0.25) is 0 Å². The van der Waals surface area contributed by atoms with Crippen LogP contribution in [0.15, 0.2) is 51.5 Å². The lowest BCUT2D eigenvalue weighted by Gasteiger charge is -2.28. The predicted molar refractivity (Wildman–Crippen MR) is 105 cm³/mol. The van der Waals surface area contributed by atoms with Crippen molar-refractivity contribution in [2.75, 3.05) is 13.1 Å². The summed E-state index contributed by atoms with van der Waals surface area (Å²) in [6.45, 7) is 2.83. The topological polar surface area (TPSA) is 61.4 Å². The second-order valence-corrected chi connectivity index (χ2v) is 8.28. The molecule has 5 rings (SSSR count). The fraction of sp³-hybridized carbons (Fsp3) is 0.316. The van der Waals surface area contributed by atoms with Crippen molar-refractivity contribution in [3.8, 4) is 11.7 Å². The minimum absolute atomic E-state index is 0.385. The molecule has 1 aliphatic heterocycles. The molecule has 2 atom stereocenters. The van der Waals surface area contributed by atoms with Crippen LogP contribution < -0.4 is 4.90 Å². The molecule has 1 aliphatic rings. The monoisotopic (exact) mass is 399 g/mol. The van der Waals surface area contributed by atoms with Crippen LogP contribution in [0, 0.1) is 4.84 Å². The molecular weight excluding hydrogens is 380 g/mol. The molecule has 0 amide bonds. The van der Waals surface area contributed by atoms with Crippen molar-refractivity contribution in [1.82, 2.24) is 14.8 Å². The van der Waals surface area contributed by atoms with E-state index in [0.717, 1.165) is 18.6 Å². The zero-order valence-electron chi connectivity index (χ0n) is 14.6. The fourth-order valence-corrected chi connectivity index (χ4v) is 4.97. The molecule has 1 saturated heterocycles. The zero-order chi connectivity index (χ0) is 18.2. The molecule has 1 aromatic carbocycles. The maximum atomic E-state index is 5.60. The highest BCUT2D eigenvalue weighted by Crippen LogP contribution is 2.30. The largest absolute Gasteiger partial charge is 0.459 e. The number of hydrogen-bond donors (Lipinski definition) is 1. The number of furan rings is 1. The number of thiazole rings is 1. The quantitative estimate of drug-likeness (QED) is 0.532. The summed E-state index contributed by atoms with van der Waals surface area (Å²) < 4.78 is 14.0. The Balaban J connectivity index is 1.33. The van der Waals surface area contributed by atoms with E-state index in [0.29, 0.717) is 29.1 Å². The summed E-state index contributed by atoms with van der Waals surface area (Å²) in [5, 5.41) is 5.74. The van der Waals surface area contributed by atoms with Gasteiger partial charge in [0.25, 0.3) is 10.7 Å². The zero-order valence-corrected chi connectivity index (χ0v) is 16.3. The third-order valence-electron chi connectivity index (χ3n) is 4.99. The summed E-state index contributed by atoms with van der Waals surface area (Å²) in [7, 11) is 0. The molecule has 138 valence electrons. The number of nitrogens with zero attached hydrogens (tertiary/aromatic N) is 3. The number of benzene rings is 1. The van der Waals surface area contributed by atoms with E-state index < -0.39 is 0 Å². The van der Waals surface area contributed by atoms with E-state index in [-0.39, 0.29) is 0 Å². The normalized spacial score (nSPS) is 20.3. The van der Waals surface area contributed by atoms with E-state index in [4.69, 9.17) is 26.0 Å². The Morgan fingerprint density at radius 2 is 2.19 bits per heavy atom. The summed E-state index contributed by atoms with van der Waals surface area (Å²) >= 11 is 7.17. The van der Waals surface area contributed by atoms with Crippen LogP contribution in [0.5, 0.6) is 0 Å². The highest BCUT2D eigenvalue weighted by molar-refractivity contribution is 7.71. The number of para-hydroxylation sites is 1. The van der Waals surface area contributed by atoms with E-state index in [1.807, 2.05) is 29.5 Å². The van der Waals surface area contributed by atoms with Gasteiger partial charge in [-0.05, 0) is 49.3 Å². The molecule has 27 heavy (non-hydrogen) atoms. The van der Waals surface area contributed by atoms with Gasteiger partial charge in [0.1, 0.15) is 5.01 Å².